The highest BCUT2D eigenvalue weighted by Crippen LogP contribution is 2.21. The van der Waals surface area contributed by atoms with Gasteiger partial charge in [0.15, 0.2) is 0 Å². The number of ether oxygens (including phenoxy) is 1. The Bertz CT molecular complexity index is 305. The predicted molar refractivity (Wildman–Crippen MR) is 63.1 cm³/mol. The number of rotatable bonds is 3. The van der Waals surface area contributed by atoms with Crippen molar-refractivity contribution in [1.29, 1.82) is 0 Å². The zero-order valence-electron chi connectivity index (χ0n) is 8.92. The molecule has 1 fully saturated rings. The van der Waals surface area contributed by atoms with Gasteiger partial charge in [-0.3, -0.25) is 0 Å². The van der Waals surface area contributed by atoms with Crippen LogP contribution in [0, 0.1) is 0 Å². The molecular formula is C13H17ClO. The van der Waals surface area contributed by atoms with E-state index in [0.717, 1.165) is 5.02 Å². The van der Waals surface area contributed by atoms with E-state index in [-0.39, 0.29) is 0 Å². The van der Waals surface area contributed by atoms with Gasteiger partial charge in [-0.15, -0.1) is 0 Å². The number of benzene rings is 1. The third-order valence-electron chi connectivity index (χ3n) is 2.93. The van der Waals surface area contributed by atoms with Gasteiger partial charge in [0.25, 0.3) is 0 Å². The zero-order chi connectivity index (χ0) is 10.5. The lowest BCUT2D eigenvalue weighted by atomic mass is 9.98. The van der Waals surface area contributed by atoms with Gasteiger partial charge in [-0.25, -0.2) is 0 Å². The summed E-state index contributed by atoms with van der Waals surface area (Å²) in [5, 5.41) is 0.791. The largest absolute Gasteiger partial charge is 0.374 e. The van der Waals surface area contributed by atoms with Crippen LogP contribution in [-0.4, -0.2) is 6.10 Å². The normalized spacial score (nSPS) is 17.9. The summed E-state index contributed by atoms with van der Waals surface area (Å²) in [7, 11) is 0. The van der Waals surface area contributed by atoms with Crippen molar-refractivity contribution < 1.29 is 4.74 Å². The third-order valence-corrected chi connectivity index (χ3v) is 3.16. The molecule has 1 nitrogen and oxygen atoms in total. The maximum absolute atomic E-state index is 5.91. The lowest BCUT2D eigenvalue weighted by Gasteiger charge is -2.22. The monoisotopic (exact) mass is 224 g/mol. The molecule has 0 amide bonds. The molecule has 1 aromatic carbocycles. The molecular weight excluding hydrogens is 208 g/mol. The van der Waals surface area contributed by atoms with Gasteiger partial charge in [-0.05, 0) is 30.5 Å². The molecule has 0 aliphatic heterocycles. The van der Waals surface area contributed by atoms with Gasteiger partial charge < -0.3 is 4.74 Å². The molecule has 0 bridgehead atoms. The van der Waals surface area contributed by atoms with Crippen molar-refractivity contribution in [2.24, 2.45) is 0 Å². The lowest BCUT2D eigenvalue weighted by Crippen LogP contribution is -2.16. The van der Waals surface area contributed by atoms with Crippen LogP contribution in [0.5, 0.6) is 0 Å². The standard InChI is InChI=1S/C13H17ClO/c14-12-6-4-5-11(9-12)10-15-13-7-2-1-3-8-13/h4-6,9,13H,1-3,7-8,10H2. The lowest BCUT2D eigenvalue weighted by molar-refractivity contribution is 0.0169. The second-order valence-corrected chi connectivity index (χ2v) is 4.64. The van der Waals surface area contributed by atoms with Crippen LogP contribution in [0.3, 0.4) is 0 Å². The van der Waals surface area contributed by atoms with Crippen molar-refractivity contribution >= 4 is 11.6 Å². The van der Waals surface area contributed by atoms with Crippen molar-refractivity contribution in [3.8, 4) is 0 Å². The molecule has 0 heterocycles. The molecule has 82 valence electrons. The maximum Gasteiger partial charge on any atom is 0.0721 e. The summed E-state index contributed by atoms with van der Waals surface area (Å²) in [6.45, 7) is 0.700. The van der Waals surface area contributed by atoms with E-state index in [9.17, 15) is 0 Å². The Morgan fingerprint density at radius 3 is 2.73 bits per heavy atom. The van der Waals surface area contributed by atoms with Gasteiger partial charge in [0.2, 0.25) is 0 Å². The maximum atomic E-state index is 5.91. The van der Waals surface area contributed by atoms with E-state index in [1.165, 1.54) is 37.7 Å². The molecule has 2 rings (SSSR count). The Labute approximate surface area is 96.4 Å². The Kier molecular flexibility index (Phi) is 4.04. The second-order valence-electron chi connectivity index (χ2n) is 4.20. The fourth-order valence-corrected chi connectivity index (χ4v) is 2.29. The van der Waals surface area contributed by atoms with Crippen molar-refractivity contribution in [2.45, 2.75) is 44.8 Å². The molecule has 0 unspecified atom stereocenters. The van der Waals surface area contributed by atoms with Crippen LogP contribution < -0.4 is 0 Å². The Morgan fingerprint density at radius 2 is 2.00 bits per heavy atom. The first-order valence-corrected chi connectivity index (χ1v) is 6.08. The first-order chi connectivity index (χ1) is 7.34. The van der Waals surface area contributed by atoms with E-state index in [0.29, 0.717) is 12.7 Å². The van der Waals surface area contributed by atoms with Crippen LogP contribution in [0.4, 0.5) is 0 Å². The Balaban J connectivity index is 1.81. The summed E-state index contributed by atoms with van der Waals surface area (Å²) < 4.78 is 5.87. The summed E-state index contributed by atoms with van der Waals surface area (Å²) in [6.07, 6.45) is 6.93. The fraction of sp³-hybridized carbons (Fsp3) is 0.538. The molecule has 0 atom stereocenters. The number of hydrogen-bond acceptors (Lipinski definition) is 1. The van der Waals surface area contributed by atoms with Gasteiger partial charge in [-0.1, -0.05) is 43.0 Å². The summed E-state index contributed by atoms with van der Waals surface area (Å²) in [5.74, 6) is 0. The summed E-state index contributed by atoms with van der Waals surface area (Å²) >= 11 is 5.91. The highest BCUT2D eigenvalue weighted by atomic mass is 35.5. The highest BCUT2D eigenvalue weighted by molar-refractivity contribution is 6.30. The van der Waals surface area contributed by atoms with Crippen molar-refractivity contribution in [1.82, 2.24) is 0 Å². The van der Waals surface area contributed by atoms with Crippen LogP contribution in [-0.2, 0) is 11.3 Å². The van der Waals surface area contributed by atoms with Gasteiger partial charge in [0.1, 0.15) is 0 Å². The minimum Gasteiger partial charge on any atom is -0.374 e. The SMILES string of the molecule is Clc1cccc(COC2CCCCC2)c1. The summed E-state index contributed by atoms with van der Waals surface area (Å²) in [5.41, 5.74) is 1.17. The molecule has 0 spiro atoms. The molecule has 0 radical (unpaired) electrons. The minimum atomic E-state index is 0.470. The van der Waals surface area contributed by atoms with Gasteiger partial charge in [-0.2, -0.15) is 0 Å². The predicted octanol–water partition coefficient (Wildman–Crippen LogP) is 4.19. The number of halogens is 1. The Hall–Kier alpha value is -0.530. The molecule has 1 aliphatic carbocycles. The molecule has 0 saturated heterocycles. The average Bonchev–Trinajstić information content (AvgIpc) is 2.28. The molecule has 0 aromatic heterocycles. The first kappa shape index (κ1) is 11.0. The van der Waals surface area contributed by atoms with Gasteiger partial charge >= 0.3 is 0 Å². The average molecular weight is 225 g/mol. The smallest absolute Gasteiger partial charge is 0.0721 e. The van der Waals surface area contributed by atoms with Crippen LogP contribution in [0.15, 0.2) is 24.3 Å². The Morgan fingerprint density at radius 1 is 1.20 bits per heavy atom. The second kappa shape index (κ2) is 5.53. The molecule has 15 heavy (non-hydrogen) atoms. The molecule has 2 heteroatoms. The van der Waals surface area contributed by atoms with E-state index in [4.69, 9.17) is 16.3 Å². The van der Waals surface area contributed by atoms with Gasteiger partial charge in [0.05, 0.1) is 12.7 Å². The fourth-order valence-electron chi connectivity index (χ4n) is 2.07. The van der Waals surface area contributed by atoms with Crippen molar-refractivity contribution in [3.63, 3.8) is 0 Å². The summed E-state index contributed by atoms with van der Waals surface area (Å²) in [4.78, 5) is 0. The van der Waals surface area contributed by atoms with E-state index in [2.05, 4.69) is 6.07 Å². The third kappa shape index (κ3) is 3.51. The molecule has 1 aliphatic rings. The molecule has 1 saturated carbocycles. The van der Waals surface area contributed by atoms with Crippen molar-refractivity contribution in [3.05, 3.63) is 34.9 Å². The van der Waals surface area contributed by atoms with E-state index in [1.807, 2.05) is 18.2 Å². The van der Waals surface area contributed by atoms with Gasteiger partial charge in [0, 0.05) is 5.02 Å². The van der Waals surface area contributed by atoms with E-state index in [1.54, 1.807) is 0 Å². The zero-order valence-corrected chi connectivity index (χ0v) is 9.67. The molecule has 0 N–H and O–H groups in total. The molecule has 1 aromatic rings. The van der Waals surface area contributed by atoms with E-state index >= 15 is 0 Å². The number of hydrogen-bond donors (Lipinski definition) is 0. The van der Waals surface area contributed by atoms with Crippen LogP contribution in [0.2, 0.25) is 5.02 Å². The highest BCUT2D eigenvalue weighted by Gasteiger charge is 2.13. The van der Waals surface area contributed by atoms with E-state index < -0.39 is 0 Å². The quantitative estimate of drug-likeness (QED) is 0.748. The van der Waals surface area contributed by atoms with Crippen LogP contribution >= 0.6 is 11.6 Å². The first-order valence-electron chi connectivity index (χ1n) is 5.70. The van der Waals surface area contributed by atoms with Crippen molar-refractivity contribution in [2.75, 3.05) is 0 Å². The topological polar surface area (TPSA) is 9.23 Å². The van der Waals surface area contributed by atoms with Crippen LogP contribution in [0.1, 0.15) is 37.7 Å². The van der Waals surface area contributed by atoms with Crippen LogP contribution in [0.25, 0.3) is 0 Å². The summed E-state index contributed by atoms with van der Waals surface area (Å²) in [6, 6.07) is 7.91. The minimum absolute atomic E-state index is 0.470.